The first-order chi connectivity index (χ1) is 21.2. The maximum absolute atomic E-state index is 13.8. The van der Waals surface area contributed by atoms with Gasteiger partial charge in [-0.15, -0.1) is 0 Å². The van der Waals surface area contributed by atoms with Crippen molar-refractivity contribution in [3.63, 3.8) is 0 Å². The van der Waals surface area contributed by atoms with Crippen molar-refractivity contribution in [2.75, 3.05) is 0 Å². The van der Waals surface area contributed by atoms with Crippen molar-refractivity contribution in [3.05, 3.63) is 46.5 Å². The molecule has 0 aliphatic rings. The number of carbonyl (C=O) groups excluding carboxylic acids is 4. The zero-order valence-corrected chi connectivity index (χ0v) is 26.4. The number of Topliss-reactive ketones (excluding diaryl/α,β-unsaturated/α-hetero) is 2. The number of benzene rings is 2. The molecule has 0 heterocycles. The number of aromatic hydroxyl groups is 3. The molecule has 0 fully saturated rings. The number of ketones is 2. The Morgan fingerprint density at radius 3 is 1.68 bits per heavy atom. The minimum atomic E-state index is -1.13. The molecule has 242 valence electrons. The van der Waals surface area contributed by atoms with Crippen LogP contribution in [0.15, 0.2) is 24.3 Å². The molecular formula is C35H48O9. The number of ether oxygens (including phenoxy) is 2. The van der Waals surface area contributed by atoms with Gasteiger partial charge >= 0.3 is 11.9 Å². The molecule has 0 radical (unpaired) electrons. The molecule has 0 spiro atoms. The van der Waals surface area contributed by atoms with Gasteiger partial charge in [-0.2, -0.15) is 0 Å². The normalized spacial score (nSPS) is 10.9. The van der Waals surface area contributed by atoms with Gasteiger partial charge in [0.05, 0.1) is 16.7 Å². The van der Waals surface area contributed by atoms with Crippen molar-refractivity contribution in [2.24, 2.45) is 0 Å². The van der Waals surface area contributed by atoms with Crippen LogP contribution in [0.5, 0.6) is 23.0 Å². The molecule has 0 aliphatic heterocycles. The summed E-state index contributed by atoms with van der Waals surface area (Å²) in [4.78, 5) is 53.8. The summed E-state index contributed by atoms with van der Waals surface area (Å²) in [7, 11) is 0. The molecule has 2 rings (SSSR count). The highest BCUT2D eigenvalue weighted by molar-refractivity contribution is 6.17. The fourth-order valence-corrected chi connectivity index (χ4v) is 4.93. The number of para-hydroxylation sites is 1. The lowest BCUT2D eigenvalue weighted by molar-refractivity contribution is -0.134. The SMILES string of the molecule is CCCCCCC(=O)Oc1c(O)c(O)c(C(=O)CCCCCC)c(C(=O)OCc2ccccc2O)c1C(=O)CCCCCC. The predicted octanol–water partition coefficient (Wildman–Crippen LogP) is 8.34. The Balaban J connectivity index is 2.66. The van der Waals surface area contributed by atoms with E-state index in [-0.39, 0.29) is 30.6 Å². The molecule has 2 aromatic rings. The van der Waals surface area contributed by atoms with E-state index in [1.807, 2.05) is 20.8 Å². The third kappa shape index (κ3) is 10.7. The summed E-state index contributed by atoms with van der Waals surface area (Å²) in [6.45, 7) is 5.68. The molecule has 9 heteroatoms. The monoisotopic (exact) mass is 612 g/mol. The molecule has 0 aromatic heterocycles. The second-order valence-corrected chi connectivity index (χ2v) is 11.1. The molecule has 9 nitrogen and oxygen atoms in total. The van der Waals surface area contributed by atoms with Gasteiger partial charge in [0.2, 0.25) is 5.75 Å². The van der Waals surface area contributed by atoms with E-state index in [0.29, 0.717) is 19.3 Å². The maximum atomic E-state index is 13.8. The number of carbonyl (C=O) groups is 4. The number of hydrogen-bond acceptors (Lipinski definition) is 9. The minimum Gasteiger partial charge on any atom is -0.508 e. The van der Waals surface area contributed by atoms with E-state index in [4.69, 9.17) is 9.47 Å². The van der Waals surface area contributed by atoms with Gasteiger partial charge in [-0.3, -0.25) is 14.4 Å². The van der Waals surface area contributed by atoms with Gasteiger partial charge in [-0.1, -0.05) is 96.8 Å². The molecule has 0 unspecified atom stereocenters. The van der Waals surface area contributed by atoms with Crippen LogP contribution in [-0.4, -0.2) is 38.8 Å². The summed E-state index contributed by atoms with van der Waals surface area (Å²) in [5.74, 6) is -5.82. The van der Waals surface area contributed by atoms with Crippen LogP contribution in [0.1, 0.15) is 154 Å². The van der Waals surface area contributed by atoms with E-state index in [9.17, 15) is 34.5 Å². The van der Waals surface area contributed by atoms with Gasteiger partial charge in [0, 0.05) is 24.8 Å². The highest BCUT2D eigenvalue weighted by Gasteiger charge is 2.36. The Labute approximate surface area is 260 Å². The van der Waals surface area contributed by atoms with Gasteiger partial charge in [-0.25, -0.2) is 4.79 Å². The molecule has 0 saturated heterocycles. The van der Waals surface area contributed by atoms with Crippen molar-refractivity contribution in [1.29, 1.82) is 0 Å². The Bertz CT molecular complexity index is 1270. The third-order valence-electron chi connectivity index (χ3n) is 7.48. The lowest BCUT2D eigenvalue weighted by Gasteiger charge is -2.20. The zero-order chi connectivity index (χ0) is 32.5. The molecule has 3 N–H and O–H groups in total. The van der Waals surface area contributed by atoms with E-state index in [2.05, 4.69) is 0 Å². The summed E-state index contributed by atoms with van der Waals surface area (Å²) in [6, 6.07) is 6.21. The fourth-order valence-electron chi connectivity index (χ4n) is 4.93. The van der Waals surface area contributed by atoms with E-state index in [0.717, 1.165) is 57.8 Å². The van der Waals surface area contributed by atoms with Crippen molar-refractivity contribution >= 4 is 23.5 Å². The van der Waals surface area contributed by atoms with Crippen LogP contribution < -0.4 is 4.74 Å². The van der Waals surface area contributed by atoms with Crippen LogP contribution in [0.25, 0.3) is 0 Å². The lowest BCUT2D eigenvalue weighted by atomic mass is 9.89. The molecule has 0 aliphatic carbocycles. The highest BCUT2D eigenvalue weighted by atomic mass is 16.5. The van der Waals surface area contributed by atoms with Crippen molar-refractivity contribution in [3.8, 4) is 23.0 Å². The fraction of sp³-hybridized carbons (Fsp3) is 0.543. The van der Waals surface area contributed by atoms with Crippen molar-refractivity contribution < 1.29 is 44.0 Å². The number of hydrogen-bond donors (Lipinski definition) is 3. The van der Waals surface area contributed by atoms with Crippen molar-refractivity contribution in [2.45, 2.75) is 124 Å². The first-order valence-electron chi connectivity index (χ1n) is 16.0. The van der Waals surface area contributed by atoms with Crippen LogP contribution in [0.3, 0.4) is 0 Å². The summed E-state index contributed by atoms with van der Waals surface area (Å²) in [5, 5.41) is 32.3. The molecule has 0 bridgehead atoms. The zero-order valence-electron chi connectivity index (χ0n) is 26.4. The van der Waals surface area contributed by atoms with Crippen LogP contribution >= 0.6 is 0 Å². The van der Waals surface area contributed by atoms with Gasteiger partial charge in [0.15, 0.2) is 23.1 Å². The molecule has 0 amide bonds. The summed E-state index contributed by atoms with van der Waals surface area (Å²) in [6.07, 6.45) is 9.09. The quantitative estimate of drug-likeness (QED) is 0.0416. The number of phenols is 3. The Hall–Kier alpha value is -3.88. The molecular weight excluding hydrogens is 564 g/mol. The first kappa shape index (κ1) is 36.3. The maximum Gasteiger partial charge on any atom is 0.340 e. The van der Waals surface area contributed by atoms with E-state index in [1.165, 1.54) is 6.07 Å². The van der Waals surface area contributed by atoms with E-state index >= 15 is 0 Å². The third-order valence-corrected chi connectivity index (χ3v) is 7.48. The van der Waals surface area contributed by atoms with Crippen LogP contribution in [-0.2, 0) is 16.1 Å². The summed E-state index contributed by atoms with van der Waals surface area (Å²) >= 11 is 0. The predicted molar refractivity (Wildman–Crippen MR) is 168 cm³/mol. The topological polar surface area (TPSA) is 147 Å². The molecule has 44 heavy (non-hydrogen) atoms. The smallest absolute Gasteiger partial charge is 0.340 e. The van der Waals surface area contributed by atoms with Gasteiger partial charge in [0.1, 0.15) is 12.4 Å². The second-order valence-electron chi connectivity index (χ2n) is 11.1. The number of rotatable bonds is 21. The Kier molecular flexibility index (Phi) is 16.0. The summed E-state index contributed by atoms with van der Waals surface area (Å²) in [5.41, 5.74) is -1.27. The van der Waals surface area contributed by atoms with Crippen LogP contribution in [0.2, 0.25) is 0 Å². The number of esters is 2. The summed E-state index contributed by atoms with van der Waals surface area (Å²) < 4.78 is 11.0. The average molecular weight is 613 g/mol. The number of phenolic OH excluding ortho intramolecular Hbond substituents is 3. The van der Waals surface area contributed by atoms with Crippen LogP contribution in [0, 0.1) is 0 Å². The highest BCUT2D eigenvalue weighted by Crippen LogP contribution is 2.46. The van der Waals surface area contributed by atoms with E-state index < -0.39 is 64.1 Å². The molecule has 0 saturated carbocycles. The van der Waals surface area contributed by atoms with Crippen LogP contribution in [0.4, 0.5) is 0 Å². The Morgan fingerprint density at radius 1 is 0.614 bits per heavy atom. The first-order valence-corrected chi connectivity index (χ1v) is 16.0. The van der Waals surface area contributed by atoms with Gasteiger partial charge in [0.25, 0.3) is 0 Å². The Morgan fingerprint density at radius 2 is 1.14 bits per heavy atom. The van der Waals surface area contributed by atoms with Crippen molar-refractivity contribution in [1.82, 2.24) is 0 Å². The lowest BCUT2D eigenvalue weighted by Crippen LogP contribution is -2.21. The largest absolute Gasteiger partial charge is 0.508 e. The minimum absolute atomic E-state index is 0.00446. The standard InChI is InChI=1S/C35H48O9/c1-4-7-10-13-20-26(37)29-31(35(42)43-23-24-18-16-17-19-25(24)36)30(27(38)21-14-11-8-5-2)34(33(41)32(29)40)44-28(39)22-15-12-9-6-3/h16-19,36,40-41H,4-15,20-23H2,1-3H3. The number of unbranched alkanes of at least 4 members (excludes halogenated alkanes) is 9. The average Bonchev–Trinajstić information content (AvgIpc) is 3.01. The molecule has 2 aromatic carbocycles. The van der Waals surface area contributed by atoms with Gasteiger partial charge < -0.3 is 24.8 Å². The van der Waals surface area contributed by atoms with E-state index in [1.54, 1.807) is 18.2 Å². The van der Waals surface area contributed by atoms with Gasteiger partial charge in [-0.05, 0) is 25.3 Å². The second kappa shape index (κ2) is 19.4. The molecule has 0 atom stereocenters.